The van der Waals surface area contributed by atoms with E-state index < -0.39 is 161 Å². The molecule has 19 atom stereocenters. The summed E-state index contributed by atoms with van der Waals surface area (Å²) >= 11 is 0. The van der Waals surface area contributed by atoms with Crippen LogP contribution in [0.4, 0.5) is 0 Å². The molecule has 0 aromatic heterocycles. The van der Waals surface area contributed by atoms with Gasteiger partial charge in [0.25, 0.3) is 0 Å². The monoisotopic (exact) mass is 750 g/mol. The second-order valence-electron chi connectivity index (χ2n) is 12.4. The molecule has 0 aliphatic carbocycles. The van der Waals surface area contributed by atoms with Gasteiger partial charge in [-0.1, -0.05) is 0 Å². The molecule has 0 aromatic carbocycles. The van der Waals surface area contributed by atoms with Gasteiger partial charge < -0.3 is 105 Å². The van der Waals surface area contributed by atoms with Gasteiger partial charge in [-0.25, -0.2) is 0 Å². The molecule has 3 rings (SSSR count). The van der Waals surface area contributed by atoms with E-state index in [1.165, 1.54) is 0 Å². The average molecular weight is 751 g/mol. The number of nitrogens with one attached hydrogen (secondary N) is 2. The first-order valence-corrected chi connectivity index (χ1v) is 16.0. The number of ether oxygens (including phenoxy) is 6. The molecule has 298 valence electrons. The van der Waals surface area contributed by atoms with Crippen LogP contribution in [0.3, 0.4) is 0 Å². The van der Waals surface area contributed by atoms with Crippen molar-refractivity contribution in [2.75, 3.05) is 33.0 Å². The standard InChI is InChI=1S/C28H50N2O21/c1-8(36)29-10(3-31)16(39)23(11(38)4-32)49-26-15(30-9(2)37)19(42)24(14(7-35)48-26)50-28-22(45)25(18(41)13(6-34)47-28)51-27-21(44)20(43)17(40)12(5-33)46-27/h10-28,31-35,38-45H,3-7H2,1-2H3,(H,29,36)(H,30,37)/t10-,11+,12+,13+,14+,15+,16+,17+,18+,19+,20-,21-,22-,23+,24+,25-,26?,27?,28?/m0/s1. The minimum Gasteiger partial charge on any atom is -0.394 e. The average Bonchev–Trinajstić information content (AvgIpc) is 3.10. The number of hydrogen-bond acceptors (Lipinski definition) is 21. The summed E-state index contributed by atoms with van der Waals surface area (Å²) in [5, 5.41) is 139. The lowest BCUT2D eigenvalue weighted by molar-refractivity contribution is -0.378. The molecule has 2 amide bonds. The zero-order valence-electron chi connectivity index (χ0n) is 27.6. The summed E-state index contributed by atoms with van der Waals surface area (Å²) in [7, 11) is 0. The fourth-order valence-electron chi connectivity index (χ4n) is 5.94. The Kier molecular flexibility index (Phi) is 16.7. The molecule has 0 aromatic rings. The number of carbonyl (C=O) groups excluding carboxylic acids is 2. The maximum absolute atomic E-state index is 12.2. The van der Waals surface area contributed by atoms with E-state index >= 15 is 0 Å². The van der Waals surface area contributed by atoms with E-state index in [-0.39, 0.29) is 0 Å². The topological polar surface area (TPSA) is 377 Å². The van der Waals surface area contributed by atoms with Crippen LogP contribution in [0.25, 0.3) is 0 Å². The van der Waals surface area contributed by atoms with Gasteiger partial charge in [-0.15, -0.1) is 0 Å². The molecule has 3 unspecified atom stereocenters. The maximum atomic E-state index is 12.2. The molecular formula is C28H50N2O21. The molecule has 15 N–H and O–H groups in total. The second-order valence-corrected chi connectivity index (χ2v) is 12.4. The van der Waals surface area contributed by atoms with Gasteiger partial charge in [0.05, 0.1) is 39.1 Å². The Balaban J connectivity index is 1.88. The van der Waals surface area contributed by atoms with Crippen molar-refractivity contribution in [2.24, 2.45) is 0 Å². The number of amides is 2. The van der Waals surface area contributed by atoms with Crippen molar-refractivity contribution in [1.29, 1.82) is 0 Å². The van der Waals surface area contributed by atoms with Crippen molar-refractivity contribution in [2.45, 2.75) is 130 Å². The molecule has 0 saturated carbocycles. The summed E-state index contributed by atoms with van der Waals surface area (Å²) in [5.74, 6) is -1.47. The van der Waals surface area contributed by atoms with Crippen LogP contribution in [0.1, 0.15) is 13.8 Å². The van der Waals surface area contributed by atoms with Gasteiger partial charge in [0.1, 0.15) is 91.5 Å². The summed E-state index contributed by atoms with van der Waals surface area (Å²) in [6, 6.07) is -3.10. The highest BCUT2D eigenvalue weighted by molar-refractivity contribution is 5.73. The van der Waals surface area contributed by atoms with Crippen LogP contribution in [-0.4, -0.2) is 228 Å². The maximum Gasteiger partial charge on any atom is 0.217 e. The highest BCUT2D eigenvalue weighted by atomic mass is 16.8. The molecule has 0 bridgehead atoms. The largest absolute Gasteiger partial charge is 0.394 e. The summed E-state index contributed by atoms with van der Waals surface area (Å²) in [5.41, 5.74) is 0. The van der Waals surface area contributed by atoms with Gasteiger partial charge in [0, 0.05) is 13.8 Å². The Hall–Kier alpha value is -1.82. The minimum atomic E-state index is -2.06. The first-order valence-electron chi connectivity index (χ1n) is 16.0. The van der Waals surface area contributed by atoms with Crippen LogP contribution in [-0.2, 0) is 38.0 Å². The molecule has 0 spiro atoms. The van der Waals surface area contributed by atoms with E-state index in [1.807, 2.05) is 0 Å². The van der Waals surface area contributed by atoms with Crippen LogP contribution in [0, 0.1) is 0 Å². The van der Waals surface area contributed by atoms with E-state index in [2.05, 4.69) is 10.6 Å². The lowest BCUT2D eigenvalue weighted by Gasteiger charge is -2.49. The Morgan fingerprint density at radius 3 is 1.67 bits per heavy atom. The fourth-order valence-corrected chi connectivity index (χ4v) is 5.94. The van der Waals surface area contributed by atoms with Crippen LogP contribution < -0.4 is 10.6 Å². The third kappa shape index (κ3) is 10.2. The Bertz CT molecular complexity index is 1090. The SMILES string of the molecule is CC(=O)N[C@@H](CO)[C@@H](O)[C@H](OC1O[C@H](CO)[C@@H](OC2O[C@H](CO)[C@@H](O)[C@H](OC3O[C@H](CO)[C@@H](O)[C@H](O)[C@@H]3O)[C@@H]2O)[C@H](O)[C@H]1NC(C)=O)[C@H](O)CO. The third-order valence-corrected chi connectivity index (χ3v) is 8.67. The van der Waals surface area contributed by atoms with Gasteiger partial charge >= 0.3 is 0 Å². The van der Waals surface area contributed by atoms with Crippen molar-refractivity contribution in [1.82, 2.24) is 10.6 Å². The quantitative estimate of drug-likeness (QED) is 0.0696. The zero-order chi connectivity index (χ0) is 38.3. The first kappa shape index (κ1) is 43.6. The van der Waals surface area contributed by atoms with Gasteiger partial charge in [0.2, 0.25) is 11.8 Å². The smallest absolute Gasteiger partial charge is 0.217 e. The molecule has 3 aliphatic rings. The van der Waals surface area contributed by atoms with Crippen LogP contribution in [0.15, 0.2) is 0 Å². The number of aliphatic hydroxyl groups is 13. The normalized spacial score (nSPS) is 41.3. The van der Waals surface area contributed by atoms with Gasteiger partial charge in [-0.3, -0.25) is 9.59 Å². The highest BCUT2D eigenvalue weighted by Gasteiger charge is 2.54. The van der Waals surface area contributed by atoms with Crippen LogP contribution >= 0.6 is 0 Å². The summed E-state index contributed by atoms with van der Waals surface area (Å²) in [4.78, 5) is 23.8. The van der Waals surface area contributed by atoms with Crippen molar-refractivity contribution in [3.05, 3.63) is 0 Å². The fraction of sp³-hybridized carbons (Fsp3) is 0.929. The second kappa shape index (κ2) is 19.5. The minimum absolute atomic E-state index is 0.685. The number of hydrogen-bond donors (Lipinski definition) is 15. The predicted octanol–water partition coefficient (Wildman–Crippen LogP) is -9.83. The predicted molar refractivity (Wildman–Crippen MR) is 159 cm³/mol. The van der Waals surface area contributed by atoms with Crippen molar-refractivity contribution >= 4 is 11.8 Å². The van der Waals surface area contributed by atoms with Crippen molar-refractivity contribution in [3.8, 4) is 0 Å². The molecule has 51 heavy (non-hydrogen) atoms. The lowest BCUT2D eigenvalue weighted by atomic mass is 9.94. The molecule has 23 heteroatoms. The first-order chi connectivity index (χ1) is 24.0. The summed E-state index contributed by atoms with van der Waals surface area (Å²) in [6.07, 6.45) is -31.0. The Morgan fingerprint density at radius 2 is 1.16 bits per heavy atom. The molecular weight excluding hydrogens is 700 g/mol. The van der Waals surface area contributed by atoms with Crippen molar-refractivity contribution in [3.63, 3.8) is 0 Å². The molecule has 3 heterocycles. The third-order valence-electron chi connectivity index (χ3n) is 8.67. The van der Waals surface area contributed by atoms with Gasteiger partial charge in [0.15, 0.2) is 18.9 Å². The number of aliphatic hydroxyl groups excluding tert-OH is 13. The van der Waals surface area contributed by atoms with Gasteiger partial charge in [-0.2, -0.15) is 0 Å². The Labute approximate surface area is 290 Å². The Morgan fingerprint density at radius 1 is 0.627 bits per heavy atom. The van der Waals surface area contributed by atoms with Crippen LogP contribution in [0.2, 0.25) is 0 Å². The van der Waals surface area contributed by atoms with Crippen LogP contribution in [0.5, 0.6) is 0 Å². The zero-order valence-corrected chi connectivity index (χ0v) is 27.6. The highest BCUT2D eigenvalue weighted by Crippen LogP contribution is 2.33. The molecule has 3 fully saturated rings. The van der Waals surface area contributed by atoms with E-state index in [9.17, 15) is 76.0 Å². The molecule has 0 radical (unpaired) electrons. The summed E-state index contributed by atoms with van der Waals surface area (Å²) < 4.78 is 33.5. The lowest BCUT2D eigenvalue weighted by Crippen LogP contribution is -2.69. The van der Waals surface area contributed by atoms with Crippen molar-refractivity contribution < 1.29 is 104 Å². The van der Waals surface area contributed by atoms with E-state index in [4.69, 9.17) is 28.4 Å². The summed E-state index contributed by atoms with van der Waals surface area (Å²) in [6.45, 7) is -2.46. The number of carbonyl (C=O) groups is 2. The van der Waals surface area contributed by atoms with Gasteiger partial charge in [-0.05, 0) is 0 Å². The molecule has 3 aliphatic heterocycles. The number of rotatable bonds is 16. The molecule has 3 saturated heterocycles. The molecule has 23 nitrogen and oxygen atoms in total. The van der Waals surface area contributed by atoms with E-state index in [0.717, 1.165) is 13.8 Å². The van der Waals surface area contributed by atoms with E-state index in [1.54, 1.807) is 0 Å². The van der Waals surface area contributed by atoms with E-state index in [0.29, 0.717) is 0 Å².